The Hall–Kier alpha value is -0.955. The van der Waals surface area contributed by atoms with Crippen LogP contribution in [0.15, 0.2) is 12.1 Å². The van der Waals surface area contributed by atoms with Crippen LogP contribution in [-0.2, 0) is 9.31 Å². The van der Waals surface area contributed by atoms with E-state index in [1.165, 1.54) is 6.07 Å². The number of hydrogen-bond donors (Lipinski definition) is 1. The quantitative estimate of drug-likeness (QED) is 0.522. The van der Waals surface area contributed by atoms with Crippen LogP contribution in [0.5, 0.6) is 0 Å². The lowest BCUT2D eigenvalue weighted by molar-refractivity contribution is -0.380. The Morgan fingerprint density at radius 3 is 2.26 bits per heavy atom. The summed E-state index contributed by atoms with van der Waals surface area (Å²) in [5.41, 5.74) is 5.17. The molecule has 0 amide bonds. The molecular formula is C11H17BN2O4S. The van der Waals surface area contributed by atoms with Gasteiger partial charge in [-0.1, -0.05) is 11.3 Å². The molecule has 1 aliphatic heterocycles. The van der Waals surface area contributed by atoms with Crippen LogP contribution in [0, 0.1) is 10.1 Å². The molecule has 0 radical (unpaired) electrons. The van der Waals surface area contributed by atoms with Crippen LogP contribution in [-0.4, -0.2) is 23.2 Å². The number of nitrogens with zero attached hydrogens (tertiary/aromatic N) is 1. The first-order chi connectivity index (χ1) is 8.64. The summed E-state index contributed by atoms with van der Waals surface area (Å²) >= 11 is 1.05. The molecule has 104 valence electrons. The molecule has 1 aliphatic rings. The summed E-state index contributed by atoms with van der Waals surface area (Å²) in [5.74, 6) is -0.528. The van der Waals surface area contributed by atoms with E-state index in [4.69, 9.17) is 15.0 Å². The second kappa shape index (κ2) is 4.55. The molecule has 1 fully saturated rings. The molecule has 2 rings (SSSR count). The predicted molar refractivity (Wildman–Crippen MR) is 74.0 cm³/mol. The van der Waals surface area contributed by atoms with Crippen molar-refractivity contribution < 1.29 is 14.2 Å². The highest BCUT2D eigenvalue weighted by atomic mass is 32.1. The predicted octanol–water partition coefficient (Wildman–Crippen LogP) is 2.29. The third-order valence-corrected chi connectivity index (χ3v) is 4.82. The van der Waals surface area contributed by atoms with Crippen LogP contribution in [0.3, 0.4) is 0 Å². The Kier molecular flexibility index (Phi) is 3.46. The highest BCUT2D eigenvalue weighted by molar-refractivity contribution is 7.15. The Morgan fingerprint density at radius 1 is 1.32 bits per heavy atom. The van der Waals surface area contributed by atoms with Gasteiger partial charge >= 0.3 is 12.1 Å². The van der Waals surface area contributed by atoms with Crippen molar-refractivity contribution in [2.45, 2.75) is 44.8 Å². The van der Waals surface area contributed by atoms with Gasteiger partial charge in [0.2, 0.25) is 0 Å². The summed E-state index contributed by atoms with van der Waals surface area (Å²) in [4.78, 5) is 10.9. The van der Waals surface area contributed by atoms with Crippen molar-refractivity contribution in [3.63, 3.8) is 0 Å². The summed E-state index contributed by atoms with van der Waals surface area (Å²) in [6.07, 6.45) is 0. The monoisotopic (exact) mass is 284 g/mol. The molecule has 1 unspecified atom stereocenters. The summed E-state index contributed by atoms with van der Waals surface area (Å²) in [6.45, 7) is 7.76. The first kappa shape index (κ1) is 14.5. The van der Waals surface area contributed by atoms with Gasteiger partial charge in [0, 0.05) is 10.9 Å². The molecule has 2 heterocycles. The van der Waals surface area contributed by atoms with Crippen molar-refractivity contribution in [2.24, 2.45) is 5.73 Å². The largest absolute Gasteiger partial charge is 0.481 e. The Labute approximate surface area is 116 Å². The lowest BCUT2D eigenvalue weighted by Gasteiger charge is -2.32. The lowest BCUT2D eigenvalue weighted by atomic mass is 9.78. The molecule has 0 saturated carbocycles. The molecule has 1 atom stereocenters. The third kappa shape index (κ3) is 2.53. The zero-order chi connectivity index (χ0) is 14.4. The highest BCUT2D eigenvalue weighted by Crippen LogP contribution is 2.40. The van der Waals surface area contributed by atoms with Crippen molar-refractivity contribution in [3.8, 4) is 0 Å². The van der Waals surface area contributed by atoms with Crippen LogP contribution in [0.2, 0.25) is 0 Å². The molecule has 19 heavy (non-hydrogen) atoms. The highest BCUT2D eigenvalue weighted by Gasteiger charge is 2.53. The van der Waals surface area contributed by atoms with Crippen molar-refractivity contribution in [2.75, 3.05) is 0 Å². The van der Waals surface area contributed by atoms with Crippen LogP contribution >= 0.6 is 11.3 Å². The maximum absolute atomic E-state index is 10.7. The van der Waals surface area contributed by atoms with Gasteiger partial charge < -0.3 is 15.0 Å². The fraction of sp³-hybridized carbons (Fsp3) is 0.636. The van der Waals surface area contributed by atoms with E-state index in [0.29, 0.717) is 4.88 Å². The van der Waals surface area contributed by atoms with E-state index in [9.17, 15) is 10.1 Å². The minimum Gasteiger partial charge on any atom is -0.402 e. The van der Waals surface area contributed by atoms with E-state index in [1.54, 1.807) is 6.07 Å². The molecule has 8 heteroatoms. The summed E-state index contributed by atoms with van der Waals surface area (Å²) in [7, 11) is -0.594. The molecule has 6 nitrogen and oxygen atoms in total. The summed E-state index contributed by atoms with van der Waals surface area (Å²) < 4.78 is 11.7. The fourth-order valence-electron chi connectivity index (χ4n) is 1.79. The minimum absolute atomic E-state index is 0.0713. The Balaban J connectivity index is 2.17. The van der Waals surface area contributed by atoms with Gasteiger partial charge in [-0.05, 0) is 33.8 Å². The van der Waals surface area contributed by atoms with Crippen molar-refractivity contribution in [3.05, 3.63) is 27.1 Å². The number of nitrogens with two attached hydrogens (primary N) is 1. The van der Waals surface area contributed by atoms with Crippen LogP contribution in [0.4, 0.5) is 5.00 Å². The van der Waals surface area contributed by atoms with Crippen molar-refractivity contribution in [1.29, 1.82) is 0 Å². The van der Waals surface area contributed by atoms with E-state index in [1.807, 2.05) is 27.7 Å². The third-order valence-electron chi connectivity index (χ3n) is 3.69. The number of thiophene rings is 1. The van der Waals surface area contributed by atoms with E-state index in [2.05, 4.69) is 0 Å². The fourth-order valence-corrected chi connectivity index (χ4v) is 2.62. The molecule has 0 bridgehead atoms. The normalized spacial score (nSPS) is 22.5. The van der Waals surface area contributed by atoms with E-state index >= 15 is 0 Å². The van der Waals surface area contributed by atoms with Gasteiger partial charge in [0.15, 0.2) is 0 Å². The van der Waals surface area contributed by atoms with Crippen LogP contribution < -0.4 is 5.73 Å². The Morgan fingerprint density at radius 2 is 1.84 bits per heavy atom. The smallest absolute Gasteiger partial charge is 0.402 e. The van der Waals surface area contributed by atoms with Gasteiger partial charge in [0.05, 0.1) is 22.1 Å². The molecule has 1 aromatic rings. The first-order valence-electron chi connectivity index (χ1n) is 5.99. The van der Waals surface area contributed by atoms with Gasteiger partial charge in [-0.2, -0.15) is 0 Å². The molecule has 1 saturated heterocycles. The number of hydrogen-bond acceptors (Lipinski definition) is 6. The van der Waals surface area contributed by atoms with Gasteiger partial charge in [-0.15, -0.1) is 0 Å². The van der Waals surface area contributed by atoms with E-state index < -0.39 is 29.2 Å². The van der Waals surface area contributed by atoms with Gasteiger partial charge in [-0.3, -0.25) is 10.1 Å². The minimum atomic E-state index is -0.594. The van der Waals surface area contributed by atoms with E-state index in [-0.39, 0.29) is 5.00 Å². The lowest BCUT2D eigenvalue weighted by Crippen LogP contribution is -2.41. The molecule has 0 spiro atoms. The maximum Gasteiger partial charge on any atom is 0.481 e. The average Bonchev–Trinajstić information content (AvgIpc) is 2.82. The second-order valence-electron chi connectivity index (χ2n) is 5.58. The zero-order valence-electron chi connectivity index (χ0n) is 11.4. The topological polar surface area (TPSA) is 87.6 Å². The summed E-state index contributed by atoms with van der Waals surface area (Å²) in [6, 6.07) is 3.10. The summed E-state index contributed by atoms with van der Waals surface area (Å²) in [5, 5.41) is 10.7. The number of rotatable bonds is 3. The zero-order valence-corrected chi connectivity index (χ0v) is 12.2. The van der Waals surface area contributed by atoms with Gasteiger partial charge in [0.25, 0.3) is 0 Å². The van der Waals surface area contributed by atoms with Crippen molar-refractivity contribution >= 4 is 23.5 Å². The maximum atomic E-state index is 10.7. The first-order valence-corrected chi connectivity index (χ1v) is 6.81. The van der Waals surface area contributed by atoms with Gasteiger partial charge in [0.1, 0.15) is 0 Å². The average molecular weight is 284 g/mol. The molecular weight excluding hydrogens is 267 g/mol. The van der Waals surface area contributed by atoms with Gasteiger partial charge in [-0.25, -0.2) is 0 Å². The van der Waals surface area contributed by atoms with Crippen LogP contribution in [0.25, 0.3) is 0 Å². The molecule has 0 aromatic carbocycles. The number of nitro groups is 1. The molecule has 2 N–H and O–H groups in total. The van der Waals surface area contributed by atoms with Crippen LogP contribution in [0.1, 0.15) is 38.5 Å². The Bertz CT molecular complexity index is 487. The molecule has 0 aliphatic carbocycles. The van der Waals surface area contributed by atoms with E-state index in [0.717, 1.165) is 11.3 Å². The van der Waals surface area contributed by atoms with Crippen molar-refractivity contribution in [1.82, 2.24) is 0 Å². The standard InChI is InChI=1S/C11H17BN2O4S/c1-10(2)11(3,4)18-12(17-10)9(13)7-5-6-8(19-7)14(15)16/h5-6,9H,13H2,1-4H3. The SMILES string of the molecule is CC1(C)OB(C(N)c2ccc([N+](=O)[O-])s2)OC1(C)C. The molecule has 1 aromatic heterocycles. The second-order valence-corrected chi connectivity index (χ2v) is 6.68.